The highest BCUT2D eigenvalue weighted by atomic mass is 16.5. The first-order valence-corrected chi connectivity index (χ1v) is 10.4. The van der Waals surface area contributed by atoms with Crippen LogP contribution in [-0.4, -0.2) is 23.0 Å². The molecule has 0 bridgehead atoms. The molecule has 0 unspecified atom stereocenters. The summed E-state index contributed by atoms with van der Waals surface area (Å²) in [5.74, 6) is 2.21. The van der Waals surface area contributed by atoms with Crippen molar-refractivity contribution in [1.29, 1.82) is 0 Å². The number of nitrogens with zero attached hydrogens (tertiary/aromatic N) is 2. The Hall–Kier alpha value is -3.54. The van der Waals surface area contributed by atoms with E-state index in [0.717, 1.165) is 45.7 Å². The van der Waals surface area contributed by atoms with Crippen molar-refractivity contribution in [3.05, 3.63) is 82.4 Å². The second kappa shape index (κ2) is 8.68. The molecule has 0 aliphatic rings. The summed E-state index contributed by atoms with van der Waals surface area (Å²) in [6.45, 7) is 6.62. The van der Waals surface area contributed by atoms with Crippen LogP contribution in [0, 0.1) is 13.8 Å². The molecule has 31 heavy (non-hydrogen) atoms. The topological polar surface area (TPSA) is 68.7 Å². The molecule has 0 saturated carbocycles. The van der Waals surface area contributed by atoms with E-state index in [1.54, 1.807) is 24.1 Å². The zero-order valence-corrected chi connectivity index (χ0v) is 18.3. The van der Waals surface area contributed by atoms with Crippen LogP contribution >= 0.6 is 0 Å². The SMILES string of the molecule is CCc1oc2ccccc2c1CN(C)C(=O)c1cccc(OCc2c(C)noc2C)c1. The third-order valence-corrected chi connectivity index (χ3v) is 5.49. The Morgan fingerprint density at radius 3 is 2.65 bits per heavy atom. The fourth-order valence-electron chi connectivity index (χ4n) is 3.72. The fraction of sp³-hybridized carbons (Fsp3) is 0.280. The summed E-state index contributed by atoms with van der Waals surface area (Å²) >= 11 is 0. The van der Waals surface area contributed by atoms with Crippen LogP contribution in [-0.2, 0) is 19.6 Å². The smallest absolute Gasteiger partial charge is 0.254 e. The van der Waals surface area contributed by atoms with E-state index >= 15 is 0 Å². The number of aryl methyl sites for hydroxylation is 3. The Labute approximate surface area is 181 Å². The minimum Gasteiger partial charge on any atom is -0.489 e. The molecule has 2 heterocycles. The van der Waals surface area contributed by atoms with Crippen molar-refractivity contribution in [2.75, 3.05) is 7.05 Å². The summed E-state index contributed by atoms with van der Waals surface area (Å²) in [6.07, 6.45) is 0.775. The van der Waals surface area contributed by atoms with Crippen molar-refractivity contribution < 1.29 is 18.5 Å². The van der Waals surface area contributed by atoms with Gasteiger partial charge in [-0.15, -0.1) is 0 Å². The Morgan fingerprint density at radius 1 is 1.10 bits per heavy atom. The first-order chi connectivity index (χ1) is 15.0. The number of rotatable bonds is 7. The second-order valence-corrected chi connectivity index (χ2v) is 7.63. The summed E-state index contributed by atoms with van der Waals surface area (Å²) in [5, 5.41) is 5.00. The average Bonchev–Trinajstić information content (AvgIpc) is 3.31. The molecule has 0 radical (unpaired) electrons. The first-order valence-electron chi connectivity index (χ1n) is 10.4. The molecule has 6 nitrogen and oxygen atoms in total. The largest absolute Gasteiger partial charge is 0.489 e. The number of ether oxygens (including phenoxy) is 1. The predicted molar refractivity (Wildman–Crippen MR) is 118 cm³/mol. The van der Waals surface area contributed by atoms with Gasteiger partial charge in [0.05, 0.1) is 11.3 Å². The van der Waals surface area contributed by atoms with Gasteiger partial charge in [-0.2, -0.15) is 0 Å². The maximum absolute atomic E-state index is 13.1. The van der Waals surface area contributed by atoms with E-state index in [1.165, 1.54) is 0 Å². The number of hydrogen-bond acceptors (Lipinski definition) is 5. The lowest BCUT2D eigenvalue weighted by atomic mass is 10.1. The highest BCUT2D eigenvalue weighted by Crippen LogP contribution is 2.28. The van der Waals surface area contributed by atoms with Gasteiger partial charge >= 0.3 is 0 Å². The highest BCUT2D eigenvalue weighted by Gasteiger charge is 2.19. The third kappa shape index (κ3) is 4.19. The van der Waals surface area contributed by atoms with Crippen molar-refractivity contribution in [3.63, 3.8) is 0 Å². The minimum absolute atomic E-state index is 0.0740. The van der Waals surface area contributed by atoms with Crippen molar-refractivity contribution in [3.8, 4) is 5.75 Å². The van der Waals surface area contributed by atoms with Crippen LogP contribution in [0.4, 0.5) is 0 Å². The molecule has 0 atom stereocenters. The fourth-order valence-corrected chi connectivity index (χ4v) is 3.72. The van der Waals surface area contributed by atoms with E-state index in [2.05, 4.69) is 12.1 Å². The van der Waals surface area contributed by atoms with Crippen LogP contribution in [0.1, 0.15) is 45.6 Å². The average molecular weight is 418 g/mol. The molecule has 4 aromatic rings. The minimum atomic E-state index is -0.0740. The van der Waals surface area contributed by atoms with E-state index in [1.807, 2.05) is 50.2 Å². The van der Waals surface area contributed by atoms with Crippen molar-refractivity contribution in [2.24, 2.45) is 0 Å². The summed E-state index contributed by atoms with van der Waals surface area (Å²) < 4.78 is 17.0. The highest BCUT2D eigenvalue weighted by molar-refractivity contribution is 5.94. The molecule has 2 aromatic heterocycles. The number of furan rings is 1. The lowest BCUT2D eigenvalue weighted by molar-refractivity contribution is 0.0784. The molecule has 0 saturated heterocycles. The van der Waals surface area contributed by atoms with E-state index in [4.69, 9.17) is 13.7 Å². The van der Waals surface area contributed by atoms with Gasteiger partial charge in [0.2, 0.25) is 0 Å². The van der Waals surface area contributed by atoms with Crippen LogP contribution in [0.3, 0.4) is 0 Å². The van der Waals surface area contributed by atoms with Crippen LogP contribution in [0.15, 0.2) is 57.5 Å². The quantitative estimate of drug-likeness (QED) is 0.399. The molecule has 0 N–H and O–H groups in total. The molecule has 160 valence electrons. The summed E-state index contributed by atoms with van der Waals surface area (Å²) in [5.41, 5.74) is 4.21. The van der Waals surface area contributed by atoms with Gasteiger partial charge in [-0.05, 0) is 38.1 Å². The van der Waals surface area contributed by atoms with Crippen LogP contribution in [0.5, 0.6) is 5.75 Å². The summed E-state index contributed by atoms with van der Waals surface area (Å²) in [4.78, 5) is 14.8. The van der Waals surface area contributed by atoms with E-state index in [9.17, 15) is 4.79 Å². The lowest BCUT2D eigenvalue weighted by Gasteiger charge is -2.18. The molecular formula is C25H26N2O4. The van der Waals surface area contributed by atoms with Crippen LogP contribution in [0.25, 0.3) is 11.0 Å². The van der Waals surface area contributed by atoms with Crippen LogP contribution in [0.2, 0.25) is 0 Å². The number of carbonyl (C=O) groups is 1. The molecule has 0 fully saturated rings. The Kier molecular flexibility index (Phi) is 5.80. The lowest BCUT2D eigenvalue weighted by Crippen LogP contribution is -2.26. The van der Waals surface area contributed by atoms with Gasteiger partial charge < -0.3 is 18.6 Å². The predicted octanol–water partition coefficient (Wildman–Crippen LogP) is 5.45. The first kappa shape index (κ1) is 20.7. The number of carbonyl (C=O) groups excluding carboxylic acids is 1. The van der Waals surface area contributed by atoms with E-state index in [-0.39, 0.29) is 5.91 Å². The monoisotopic (exact) mass is 418 g/mol. The van der Waals surface area contributed by atoms with Crippen LogP contribution < -0.4 is 4.74 Å². The number of para-hydroxylation sites is 1. The van der Waals surface area contributed by atoms with Gasteiger partial charge in [-0.25, -0.2) is 0 Å². The third-order valence-electron chi connectivity index (χ3n) is 5.49. The number of aromatic nitrogens is 1. The van der Waals surface area contributed by atoms with Crippen molar-refractivity contribution in [1.82, 2.24) is 10.1 Å². The number of fused-ring (bicyclic) bond motifs is 1. The second-order valence-electron chi connectivity index (χ2n) is 7.63. The van der Waals surface area contributed by atoms with Gasteiger partial charge in [-0.1, -0.05) is 36.3 Å². The normalized spacial score (nSPS) is 11.1. The molecule has 1 amide bonds. The van der Waals surface area contributed by atoms with E-state index in [0.29, 0.717) is 24.5 Å². The van der Waals surface area contributed by atoms with Gasteiger partial charge in [0, 0.05) is 36.5 Å². The maximum Gasteiger partial charge on any atom is 0.254 e. The molecule has 0 aliphatic heterocycles. The number of benzene rings is 2. The molecule has 0 spiro atoms. The summed E-state index contributed by atoms with van der Waals surface area (Å²) in [6, 6.07) is 15.2. The van der Waals surface area contributed by atoms with Crippen molar-refractivity contribution >= 4 is 16.9 Å². The molecule has 4 rings (SSSR count). The summed E-state index contributed by atoms with van der Waals surface area (Å²) in [7, 11) is 1.81. The number of amides is 1. The van der Waals surface area contributed by atoms with E-state index < -0.39 is 0 Å². The molecule has 0 aliphatic carbocycles. The van der Waals surface area contributed by atoms with Gasteiger partial charge in [0.1, 0.15) is 29.5 Å². The molecule has 2 aromatic carbocycles. The standard InChI is InChI=1S/C25H26N2O4/c1-5-23-21(20-11-6-7-12-24(20)30-23)14-27(4)25(28)18-9-8-10-19(13-18)29-15-22-16(2)26-31-17(22)3/h6-13H,5,14-15H2,1-4H3. The maximum atomic E-state index is 13.1. The van der Waals surface area contributed by atoms with Gasteiger partial charge in [0.25, 0.3) is 5.91 Å². The zero-order chi connectivity index (χ0) is 22.0. The molecule has 6 heteroatoms. The zero-order valence-electron chi connectivity index (χ0n) is 18.3. The van der Waals surface area contributed by atoms with Gasteiger partial charge in [-0.3, -0.25) is 4.79 Å². The Balaban J connectivity index is 1.50. The Bertz CT molecular complexity index is 1200. The molecular weight excluding hydrogens is 392 g/mol. The Morgan fingerprint density at radius 2 is 1.90 bits per heavy atom. The number of hydrogen-bond donors (Lipinski definition) is 0. The van der Waals surface area contributed by atoms with Gasteiger partial charge in [0.15, 0.2) is 0 Å². The van der Waals surface area contributed by atoms with Crippen molar-refractivity contribution in [2.45, 2.75) is 40.3 Å².